The molecule has 1 fully saturated rings. The summed E-state index contributed by atoms with van der Waals surface area (Å²) in [4.78, 5) is 12.9. The average Bonchev–Trinajstić information content (AvgIpc) is 3.30. The minimum Gasteiger partial charge on any atom is -0.497 e. The van der Waals surface area contributed by atoms with Gasteiger partial charge in [-0.15, -0.1) is 10.2 Å². The van der Waals surface area contributed by atoms with Gasteiger partial charge in [0, 0.05) is 6.54 Å². The second-order valence-electron chi connectivity index (χ2n) is 8.55. The van der Waals surface area contributed by atoms with Crippen LogP contribution in [-0.2, 0) is 4.79 Å². The Balaban J connectivity index is 1.60. The van der Waals surface area contributed by atoms with Gasteiger partial charge in [0.1, 0.15) is 11.5 Å². The molecule has 3 aromatic rings. The number of carbonyl (C=O) groups is 1. The molecule has 34 heavy (non-hydrogen) atoms. The smallest absolute Gasteiger partial charge is 0.233 e. The van der Waals surface area contributed by atoms with E-state index in [0.717, 1.165) is 23.5 Å². The van der Waals surface area contributed by atoms with E-state index in [-0.39, 0.29) is 11.2 Å². The Morgan fingerprint density at radius 1 is 1.06 bits per heavy atom. The van der Waals surface area contributed by atoms with Crippen molar-refractivity contribution in [2.24, 2.45) is 5.92 Å². The molecule has 1 atom stereocenters. The van der Waals surface area contributed by atoms with Crippen molar-refractivity contribution >= 4 is 17.7 Å². The predicted molar refractivity (Wildman–Crippen MR) is 135 cm³/mol. The standard InChI is InChI=1S/C26H32N4O3S/c1-18(25(31)27-17-19-9-5-4-6-10-19)34-26-29-28-24(22-11-7-8-12-23(22)33-3)30(26)20-13-15-21(32-2)16-14-20/h7-8,11-16,18-19H,4-6,9-10,17H2,1-3H3,(H,27,31). The lowest BCUT2D eigenvalue weighted by atomic mass is 9.89. The Bertz CT molecular complexity index is 1090. The molecule has 1 heterocycles. The van der Waals surface area contributed by atoms with Crippen LogP contribution in [0.15, 0.2) is 53.7 Å². The highest BCUT2D eigenvalue weighted by Gasteiger charge is 2.24. The topological polar surface area (TPSA) is 78.3 Å². The van der Waals surface area contributed by atoms with E-state index >= 15 is 0 Å². The van der Waals surface area contributed by atoms with Gasteiger partial charge in [-0.2, -0.15) is 0 Å². The van der Waals surface area contributed by atoms with Gasteiger partial charge < -0.3 is 14.8 Å². The van der Waals surface area contributed by atoms with E-state index in [0.29, 0.717) is 22.6 Å². The summed E-state index contributed by atoms with van der Waals surface area (Å²) in [7, 11) is 3.28. The first-order valence-corrected chi connectivity index (χ1v) is 12.7. The highest BCUT2D eigenvalue weighted by molar-refractivity contribution is 8.00. The maximum Gasteiger partial charge on any atom is 0.233 e. The van der Waals surface area contributed by atoms with Crippen molar-refractivity contribution in [3.8, 4) is 28.6 Å². The summed E-state index contributed by atoms with van der Waals surface area (Å²) in [5, 5.41) is 12.4. The first-order chi connectivity index (χ1) is 16.6. The van der Waals surface area contributed by atoms with Crippen LogP contribution in [0.3, 0.4) is 0 Å². The van der Waals surface area contributed by atoms with Crippen molar-refractivity contribution in [3.05, 3.63) is 48.5 Å². The van der Waals surface area contributed by atoms with Gasteiger partial charge in [0.25, 0.3) is 0 Å². The van der Waals surface area contributed by atoms with E-state index in [9.17, 15) is 4.79 Å². The fourth-order valence-electron chi connectivity index (χ4n) is 4.31. The molecule has 1 aliphatic carbocycles. The summed E-state index contributed by atoms with van der Waals surface area (Å²) in [5.41, 5.74) is 1.71. The van der Waals surface area contributed by atoms with E-state index in [2.05, 4.69) is 15.5 Å². The molecule has 180 valence electrons. The molecule has 2 aromatic carbocycles. The Kier molecular flexibility index (Phi) is 8.11. The van der Waals surface area contributed by atoms with Gasteiger partial charge in [0.15, 0.2) is 11.0 Å². The van der Waals surface area contributed by atoms with Crippen molar-refractivity contribution < 1.29 is 14.3 Å². The van der Waals surface area contributed by atoms with E-state index in [1.165, 1.54) is 43.9 Å². The van der Waals surface area contributed by atoms with Crippen molar-refractivity contribution in [3.63, 3.8) is 0 Å². The minimum absolute atomic E-state index is 0.0266. The molecular formula is C26H32N4O3S. The van der Waals surface area contributed by atoms with Crippen molar-refractivity contribution in [1.29, 1.82) is 0 Å². The lowest BCUT2D eigenvalue weighted by Crippen LogP contribution is -2.35. The number of ether oxygens (including phenoxy) is 2. The zero-order chi connectivity index (χ0) is 23.9. The van der Waals surface area contributed by atoms with Gasteiger partial charge in [0.05, 0.1) is 30.7 Å². The summed E-state index contributed by atoms with van der Waals surface area (Å²) in [6.07, 6.45) is 6.25. The molecule has 0 aliphatic heterocycles. The quantitative estimate of drug-likeness (QED) is 0.428. The third-order valence-electron chi connectivity index (χ3n) is 6.25. The molecule has 0 radical (unpaired) electrons. The Morgan fingerprint density at radius 3 is 2.50 bits per heavy atom. The van der Waals surface area contributed by atoms with Crippen LogP contribution >= 0.6 is 11.8 Å². The largest absolute Gasteiger partial charge is 0.497 e. The third-order valence-corrected chi connectivity index (χ3v) is 7.30. The molecule has 1 aliphatic rings. The summed E-state index contributed by atoms with van der Waals surface area (Å²) in [6, 6.07) is 15.4. The highest BCUT2D eigenvalue weighted by Crippen LogP contribution is 2.34. The monoisotopic (exact) mass is 480 g/mol. The van der Waals surface area contributed by atoms with E-state index in [4.69, 9.17) is 9.47 Å². The lowest BCUT2D eigenvalue weighted by molar-refractivity contribution is -0.120. The van der Waals surface area contributed by atoms with Crippen LogP contribution in [-0.4, -0.2) is 46.7 Å². The zero-order valence-corrected chi connectivity index (χ0v) is 20.8. The van der Waals surface area contributed by atoms with Crippen molar-refractivity contribution in [1.82, 2.24) is 20.1 Å². The molecule has 1 N–H and O–H groups in total. The van der Waals surface area contributed by atoms with Gasteiger partial charge in [0.2, 0.25) is 5.91 Å². The number of thioether (sulfide) groups is 1. The second-order valence-corrected chi connectivity index (χ2v) is 9.86. The zero-order valence-electron chi connectivity index (χ0n) is 20.0. The number of rotatable bonds is 9. The van der Waals surface area contributed by atoms with E-state index in [1.807, 2.05) is 60.0 Å². The number of para-hydroxylation sites is 1. The van der Waals surface area contributed by atoms with Crippen LogP contribution in [0, 0.1) is 5.92 Å². The number of amides is 1. The number of nitrogens with one attached hydrogen (secondary N) is 1. The molecule has 0 saturated heterocycles. The number of hydrogen-bond acceptors (Lipinski definition) is 6. The Morgan fingerprint density at radius 2 is 1.79 bits per heavy atom. The van der Waals surface area contributed by atoms with Gasteiger partial charge in [-0.25, -0.2) is 0 Å². The summed E-state index contributed by atoms with van der Waals surface area (Å²) < 4.78 is 12.9. The highest BCUT2D eigenvalue weighted by atomic mass is 32.2. The van der Waals surface area contributed by atoms with Gasteiger partial charge in [-0.05, 0) is 62.1 Å². The second kappa shape index (κ2) is 11.4. The molecule has 1 saturated carbocycles. The van der Waals surface area contributed by atoms with Gasteiger partial charge >= 0.3 is 0 Å². The van der Waals surface area contributed by atoms with Gasteiger partial charge in [-0.3, -0.25) is 9.36 Å². The first kappa shape index (κ1) is 24.1. The van der Waals surface area contributed by atoms with Crippen LogP contribution in [0.25, 0.3) is 17.1 Å². The first-order valence-electron chi connectivity index (χ1n) is 11.8. The van der Waals surface area contributed by atoms with Crippen molar-refractivity contribution in [2.75, 3.05) is 20.8 Å². The Labute approximate surface area is 205 Å². The van der Waals surface area contributed by atoms with Crippen molar-refractivity contribution in [2.45, 2.75) is 49.4 Å². The molecule has 1 aromatic heterocycles. The predicted octanol–water partition coefficient (Wildman–Crippen LogP) is 5.13. The number of aromatic nitrogens is 3. The summed E-state index contributed by atoms with van der Waals surface area (Å²) in [6.45, 7) is 2.66. The number of benzene rings is 2. The maximum absolute atomic E-state index is 12.9. The minimum atomic E-state index is -0.310. The summed E-state index contributed by atoms with van der Waals surface area (Å²) >= 11 is 1.40. The molecule has 8 heteroatoms. The summed E-state index contributed by atoms with van der Waals surface area (Å²) in [5.74, 6) is 2.74. The van der Waals surface area contributed by atoms with Crippen LogP contribution in [0.4, 0.5) is 0 Å². The number of carbonyl (C=O) groups excluding carboxylic acids is 1. The fraction of sp³-hybridized carbons (Fsp3) is 0.423. The molecular weight excluding hydrogens is 448 g/mol. The number of hydrogen-bond donors (Lipinski definition) is 1. The molecule has 1 unspecified atom stereocenters. The number of methoxy groups -OCH3 is 2. The third kappa shape index (κ3) is 5.55. The average molecular weight is 481 g/mol. The normalized spacial score (nSPS) is 15.0. The maximum atomic E-state index is 12.9. The SMILES string of the molecule is COc1ccc(-n2c(SC(C)C(=O)NCC3CCCCC3)nnc2-c2ccccc2OC)cc1. The fourth-order valence-corrected chi connectivity index (χ4v) is 5.20. The van der Waals surface area contributed by atoms with E-state index < -0.39 is 0 Å². The van der Waals surface area contributed by atoms with Crippen LogP contribution < -0.4 is 14.8 Å². The molecule has 0 spiro atoms. The Hall–Kier alpha value is -3.00. The molecule has 0 bridgehead atoms. The number of nitrogens with zero attached hydrogens (tertiary/aromatic N) is 3. The molecule has 4 rings (SSSR count). The van der Waals surface area contributed by atoms with E-state index in [1.54, 1.807) is 14.2 Å². The van der Waals surface area contributed by atoms with Gasteiger partial charge in [-0.1, -0.05) is 43.2 Å². The van der Waals surface area contributed by atoms with Crippen LogP contribution in [0.5, 0.6) is 11.5 Å². The molecule has 7 nitrogen and oxygen atoms in total. The lowest BCUT2D eigenvalue weighted by Gasteiger charge is -2.22. The van der Waals surface area contributed by atoms with Crippen LogP contribution in [0.1, 0.15) is 39.0 Å². The molecule has 1 amide bonds. The van der Waals surface area contributed by atoms with Crippen LogP contribution in [0.2, 0.25) is 0 Å².